The third-order valence-corrected chi connectivity index (χ3v) is 3.91. The van der Waals surface area contributed by atoms with Crippen LogP contribution in [0.1, 0.15) is 44.7 Å². The summed E-state index contributed by atoms with van der Waals surface area (Å²) in [4.78, 5) is 27.7. The summed E-state index contributed by atoms with van der Waals surface area (Å²) in [5.41, 5.74) is 4.17. The van der Waals surface area contributed by atoms with E-state index < -0.39 is 0 Å². The Bertz CT molecular complexity index is 779. The monoisotopic (exact) mass is 392 g/mol. The first kappa shape index (κ1) is 25.6. The zero-order valence-corrected chi connectivity index (χ0v) is 17.2. The van der Waals surface area contributed by atoms with Crippen LogP contribution in [0.4, 0.5) is 0 Å². The first-order valence-corrected chi connectivity index (χ1v) is 9.13. The molecule has 0 fully saturated rings. The van der Waals surface area contributed by atoms with Gasteiger partial charge < -0.3 is 0 Å². The van der Waals surface area contributed by atoms with Crippen LogP contribution < -0.4 is 0 Å². The lowest BCUT2D eigenvalue weighted by Gasteiger charge is -2.27. The number of carbonyl (C=O) groups is 1. The van der Waals surface area contributed by atoms with E-state index in [1.807, 2.05) is 6.92 Å². The van der Waals surface area contributed by atoms with Crippen LogP contribution in [-0.4, -0.2) is 17.9 Å². The molecule has 3 rings (SSSR count). The van der Waals surface area contributed by atoms with Crippen LogP contribution in [0.5, 0.6) is 0 Å². The number of benzene rings is 2. The van der Waals surface area contributed by atoms with Crippen LogP contribution in [0.3, 0.4) is 0 Å². The summed E-state index contributed by atoms with van der Waals surface area (Å²) >= 11 is 0. The fraction of sp³-hybridized carbons (Fsp3) is 0.292. The summed E-state index contributed by atoms with van der Waals surface area (Å²) in [5.74, 6) is 0.286. The van der Waals surface area contributed by atoms with Crippen LogP contribution in [0.25, 0.3) is 0 Å². The van der Waals surface area contributed by atoms with Crippen LogP contribution in [0.15, 0.2) is 72.3 Å². The zero-order valence-electron chi connectivity index (χ0n) is 17.2. The molecule has 0 saturated carbocycles. The van der Waals surface area contributed by atoms with E-state index in [1.165, 1.54) is 16.7 Å². The largest absolute Gasteiger partial charge is 0.295 e. The first-order valence-electron chi connectivity index (χ1n) is 9.13. The van der Waals surface area contributed by atoms with Crippen LogP contribution in [0.2, 0.25) is 0 Å². The molecule has 1 aliphatic rings. The molecule has 2 aromatic rings. The lowest BCUT2D eigenvalue weighted by molar-refractivity contribution is -0.117. The number of ketones is 1. The van der Waals surface area contributed by atoms with Crippen molar-refractivity contribution in [2.75, 3.05) is 0 Å². The molecule has 2 N–H and O–H groups in total. The molecule has 0 atom stereocenters. The number of allylic oxidation sites excluding steroid dienone is 2. The summed E-state index contributed by atoms with van der Waals surface area (Å²) in [6, 6.07) is 21.1. The maximum atomic E-state index is 11.0. The van der Waals surface area contributed by atoms with Gasteiger partial charge in [-0.3, -0.25) is 4.79 Å². The molecular weight excluding hydrogens is 364 g/mol. The first-order chi connectivity index (χ1) is 13.8. The molecule has 5 heteroatoms. The molecule has 152 valence electrons. The number of isocyanates is 2. The summed E-state index contributed by atoms with van der Waals surface area (Å²) in [5, 5.41) is 10.8. The highest BCUT2D eigenvalue weighted by Crippen LogP contribution is 2.32. The van der Waals surface area contributed by atoms with Crippen molar-refractivity contribution in [2.45, 2.75) is 40.0 Å². The standard InChI is InChI=1S/C13H12.C9H14O.2CHNO/c1-3-7-12(8-4-1)11-13-9-5-2-6-10-13;1-7-4-8(10)6-9(2,3)5-7;2*2-1-3/h1-10H,11H2;4H,5-6H2,1-3H3;2*2H. The highest BCUT2D eigenvalue weighted by Gasteiger charge is 2.25. The predicted molar refractivity (Wildman–Crippen MR) is 114 cm³/mol. The lowest BCUT2D eigenvalue weighted by atomic mass is 9.77. The molecule has 2 aromatic carbocycles. The molecule has 0 bridgehead atoms. The Kier molecular flexibility index (Phi) is 12.9. The SMILES string of the molecule is CC1=CC(=O)CC(C)(C)C1.N=C=O.N=C=O.c1ccc(Cc2ccccc2)cc1. The topological polar surface area (TPSA) is 98.9 Å². The van der Waals surface area contributed by atoms with Gasteiger partial charge in [0.15, 0.2) is 5.78 Å². The molecule has 0 radical (unpaired) electrons. The Morgan fingerprint density at radius 1 is 0.828 bits per heavy atom. The van der Waals surface area contributed by atoms with Crippen molar-refractivity contribution < 1.29 is 14.4 Å². The smallest absolute Gasteiger partial charge is 0.231 e. The molecule has 0 aromatic heterocycles. The van der Waals surface area contributed by atoms with Crippen molar-refractivity contribution in [1.82, 2.24) is 0 Å². The van der Waals surface area contributed by atoms with Gasteiger partial charge in [0.05, 0.1) is 0 Å². The maximum absolute atomic E-state index is 11.0. The van der Waals surface area contributed by atoms with Gasteiger partial charge in [-0.2, -0.15) is 0 Å². The fourth-order valence-corrected chi connectivity index (χ4v) is 3.09. The normalized spacial score (nSPS) is 13.3. The van der Waals surface area contributed by atoms with Gasteiger partial charge in [-0.25, -0.2) is 20.4 Å². The van der Waals surface area contributed by atoms with Gasteiger partial charge in [0.2, 0.25) is 12.2 Å². The number of rotatable bonds is 2. The summed E-state index contributed by atoms with van der Waals surface area (Å²) in [7, 11) is 0. The molecule has 5 nitrogen and oxygen atoms in total. The second kappa shape index (κ2) is 14.6. The predicted octanol–water partition coefficient (Wildman–Crippen LogP) is 5.40. The second-order valence-electron chi connectivity index (χ2n) is 7.33. The maximum Gasteiger partial charge on any atom is 0.231 e. The van der Waals surface area contributed by atoms with E-state index in [2.05, 4.69) is 74.5 Å². The van der Waals surface area contributed by atoms with Gasteiger partial charge in [0, 0.05) is 6.42 Å². The lowest BCUT2D eigenvalue weighted by Crippen LogP contribution is -2.20. The third kappa shape index (κ3) is 13.4. The minimum Gasteiger partial charge on any atom is -0.295 e. The highest BCUT2D eigenvalue weighted by atomic mass is 16.1. The molecule has 0 amide bonds. The van der Waals surface area contributed by atoms with Gasteiger partial charge in [0.25, 0.3) is 0 Å². The molecule has 0 spiro atoms. The molecule has 0 heterocycles. The van der Waals surface area contributed by atoms with Crippen molar-refractivity contribution in [3.8, 4) is 0 Å². The molecule has 0 saturated heterocycles. The second-order valence-corrected chi connectivity index (χ2v) is 7.33. The Morgan fingerprint density at radius 2 is 1.21 bits per heavy atom. The molecule has 29 heavy (non-hydrogen) atoms. The number of hydrogen-bond donors (Lipinski definition) is 2. The Balaban J connectivity index is 0.000000435. The Morgan fingerprint density at radius 3 is 1.52 bits per heavy atom. The van der Waals surface area contributed by atoms with Gasteiger partial charge in [-0.1, -0.05) is 80.1 Å². The number of carbonyl (C=O) groups excluding carboxylic acids is 3. The average Bonchev–Trinajstić information content (AvgIpc) is 2.63. The molecule has 0 unspecified atom stereocenters. The molecule has 1 aliphatic carbocycles. The van der Waals surface area contributed by atoms with Crippen LogP contribution in [-0.2, 0) is 20.8 Å². The van der Waals surface area contributed by atoms with E-state index in [4.69, 9.17) is 20.4 Å². The van der Waals surface area contributed by atoms with Crippen molar-refractivity contribution in [1.29, 1.82) is 10.8 Å². The number of hydrogen-bond acceptors (Lipinski definition) is 5. The summed E-state index contributed by atoms with van der Waals surface area (Å²) < 4.78 is 0. The van der Waals surface area contributed by atoms with Gasteiger partial charge in [-0.05, 0) is 42.4 Å². The van der Waals surface area contributed by atoms with Gasteiger partial charge >= 0.3 is 0 Å². The zero-order chi connectivity index (χ0) is 22.1. The van der Waals surface area contributed by atoms with E-state index in [1.54, 1.807) is 6.08 Å². The minimum atomic E-state index is 0.204. The van der Waals surface area contributed by atoms with E-state index in [9.17, 15) is 4.79 Å². The molecule has 0 aliphatic heterocycles. The minimum absolute atomic E-state index is 0.204. The highest BCUT2D eigenvalue weighted by molar-refractivity contribution is 5.91. The summed E-state index contributed by atoms with van der Waals surface area (Å²) in [6.07, 6.45) is 6.08. The van der Waals surface area contributed by atoms with Crippen molar-refractivity contribution in [3.63, 3.8) is 0 Å². The van der Waals surface area contributed by atoms with Gasteiger partial charge in [0.1, 0.15) is 0 Å². The van der Waals surface area contributed by atoms with E-state index in [0.717, 1.165) is 25.0 Å². The van der Waals surface area contributed by atoms with E-state index >= 15 is 0 Å². The van der Waals surface area contributed by atoms with E-state index in [0.29, 0.717) is 6.42 Å². The quantitative estimate of drug-likeness (QED) is 0.528. The average molecular weight is 392 g/mol. The Hall–Kier alpha value is -3.39. The van der Waals surface area contributed by atoms with Gasteiger partial charge in [-0.15, -0.1) is 0 Å². The van der Waals surface area contributed by atoms with Crippen molar-refractivity contribution >= 4 is 17.9 Å². The molecular formula is C24H28N2O3. The van der Waals surface area contributed by atoms with E-state index in [-0.39, 0.29) is 11.2 Å². The fourth-order valence-electron chi connectivity index (χ4n) is 3.09. The van der Waals surface area contributed by atoms with Crippen LogP contribution in [0, 0.1) is 16.2 Å². The summed E-state index contributed by atoms with van der Waals surface area (Å²) in [6.45, 7) is 6.31. The van der Waals surface area contributed by atoms with Crippen LogP contribution >= 0.6 is 0 Å². The van der Waals surface area contributed by atoms with Crippen molar-refractivity contribution in [2.24, 2.45) is 5.41 Å². The third-order valence-electron chi connectivity index (χ3n) is 3.91. The number of nitrogens with one attached hydrogen (secondary N) is 2. The Labute approximate surface area is 172 Å². The van der Waals surface area contributed by atoms with Crippen molar-refractivity contribution in [3.05, 3.63) is 83.4 Å².